The van der Waals surface area contributed by atoms with Crippen LogP contribution < -0.4 is 19.5 Å². The first-order valence-electron chi connectivity index (χ1n) is 9.30. The minimum Gasteiger partial charge on any atom is -0.496 e. The molecule has 7 nitrogen and oxygen atoms in total. The molecule has 1 N–H and O–H groups in total. The Labute approximate surface area is 173 Å². The molecule has 0 saturated carbocycles. The molecule has 0 radical (unpaired) electrons. The first-order chi connectivity index (χ1) is 14.5. The number of hydrogen-bond acceptors (Lipinski definition) is 6. The zero-order chi connectivity index (χ0) is 21.5. The van der Waals surface area contributed by atoms with Gasteiger partial charge in [0.15, 0.2) is 23.1 Å². The van der Waals surface area contributed by atoms with Gasteiger partial charge in [0, 0.05) is 36.6 Å². The first kappa shape index (κ1) is 21.2. The number of amides is 1. The highest BCUT2D eigenvalue weighted by atomic mass is 19.1. The van der Waals surface area contributed by atoms with Crippen LogP contribution in [0.1, 0.15) is 17.9 Å². The van der Waals surface area contributed by atoms with Gasteiger partial charge in [0.05, 0.1) is 27.5 Å². The van der Waals surface area contributed by atoms with Gasteiger partial charge in [-0.3, -0.25) is 4.79 Å². The van der Waals surface area contributed by atoms with Crippen LogP contribution >= 0.6 is 0 Å². The molecule has 0 saturated heterocycles. The van der Waals surface area contributed by atoms with Crippen molar-refractivity contribution in [1.82, 2.24) is 10.3 Å². The average Bonchev–Trinajstić information content (AvgIpc) is 3.25. The van der Waals surface area contributed by atoms with Gasteiger partial charge in [0.2, 0.25) is 5.91 Å². The van der Waals surface area contributed by atoms with E-state index in [-0.39, 0.29) is 24.7 Å². The molecule has 158 valence electrons. The Hall–Kier alpha value is -3.55. The van der Waals surface area contributed by atoms with Crippen LogP contribution in [-0.2, 0) is 17.8 Å². The Balaban J connectivity index is 1.56. The molecule has 0 bridgehead atoms. The van der Waals surface area contributed by atoms with E-state index in [1.54, 1.807) is 51.8 Å². The predicted octanol–water partition coefficient (Wildman–Crippen LogP) is 3.76. The van der Waals surface area contributed by atoms with Crippen LogP contribution in [-0.4, -0.2) is 32.2 Å². The summed E-state index contributed by atoms with van der Waals surface area (Å²) >= 11 is 0. The lowest BCUT2D eigenvalue weighted by Crippen LogP contribution is -2.23. The van der Waals surface area contributed by atoms with Gasteiger partial charge >= 0.3 is 0 Å². The number of ether oxygens (including phenoxy) is 3. The Kier molecular flexibility index (Phi) is 6.90. The maximum absolute atomic E-state index is 13.0. The summed E-state index contributed by atoms with van der Waals surface area (Å²) in [5, 5.41) is 2.85. The van der Waals surface area contributed by atoms with Crippen molar-refractivity contribution in [1.29, 1.82) is 0 Å². The van der Waals surface area contributed by atoms with Crippen LogP contribution in [0, 0.1) is 5.82 Å². The summed E-state index contributed by atoms with van der Waals surface area (Å²) < 4.78 is 34.6. The van der Waals surface area contributed by atoms with E-state index in [2.05, 4.69) is 10.3 Å². The molecule has 1 amide bonds. The Morgan fingerprint density at radius 3 is 2.37 bits per heavy atom. The smallest absolute Gasteiger partial charge is 0.220 e. The number of nitrogens with one attached hydrogen (secondary N) is 1. The summed E-state index contributed by atoms with van der Waals surface area (Å²) in [5.41, 5.74) is 1.48. The minimum atomic E-state index is -0.318. The molecule has 30 heavy (non-hydrogen) atoms. The maximum atomic E-state index is 13.0. The molecule has 1 aromatic heterocycles. The maximum Gasteiger partial charge on any atom is 0.220 e. The zero-order valence-electron chi connectivity index (χ0n) is 17.0. The lowest BCUT2D eigenvalue weighted by molar-refractivity contribution is -0.121. The van der Waals surface area contributed by atoms with Gasteiger partial charge < -0.3 is 23.9 Å². The van der Waals surface area contributed by atoms with Gasteiger partial charge in [0.25, 0.3) is 0 Å². The number of oxazole rings is 1. The summed E-state index contributed by atoms with van der Waals surface area (Å²) in [6.45, 7) is 0.273. The number of carbonyl (C=O) groups excluding carboxylic acids is 1. The molecule has 3 rings (SSSR count). The third-order valence-corrected chi connectivity index (χ3v) is 4.51. The van der Waals surface area contributed by atoms with E-state index in [1.165, 1.54) is 12.1 Å². The van der Waals surface area contributed by atoms with E-state index in [9.17, 15) is 9.18 Å². The number of carbonyl (C=O) groups is 1. The molecule has 3 aromatic rings. The number of aryl methyl sites for hydroxylation is 1. The second kappa shape index (κ2) is 9.78. The summed E-state index contributed by atoms with van der Waals surface area (Å²) in [4.78, 5) is 16.4. The number of halogens is 1. The number of nitrogens with zero attached hydrogens (tertiary/aromatic N) is 1. The number of rotatable bonds is 9. The highest BCUT2D eigenvalue weighted by Crippen LogP contribution is 2.34. The molecule has 8 heteroatoms. The zero-order valence-corrected chi connectivity index (χ0v) is 17.0. The molecule has 0 fully saturated rings. The summed E-state index contributed by atoms with van der Waals surface area (Å²) in [7, 11) is 4.64. The SMILES string of the molecule is COc1cc(OC)c(OC)cc1CNC(=O)CCc1ncc(-c2ccc(F)cc2)o1. The van der Waals surface area contributed by atoms with Crippen molar-refractivity contribution in [2.75, 3.05) is 21.3 Å². The van der Waals surface area contributed by atoms with Crippen LogP contribution in [0.15, 0.2) is 47.0 Å². The Morgan fingerprint density at radius 2 is 1.70 bits per heavy atom. The molecular weight excluding hydrogens is 391 g/mol. The molecule has 1 heterocycles. The van der Waals surface area contributed by atoms with Crippen LogP contribution in [0.2, 0.25) is 0 Å². The summed E-state index contributed by atoms with van der Waals surface area (Å²) in [6.07, 6.45) is 2.12. The van der Waals surface area contributed by atoms with E-state index in [1.807, 2.05) is 0 Å². The van der Waals surface area contributed by atoms with Crippen molar-refractivity contribution in [3.05, 3.63) is 59.9 Å². The standard InChI is InChI=1S/C22H23FN2O5/c1-27-17-11-19(29-3)18(28-2)10-15(17)12-24-21(26)8-9-22-25-13-20(30-22)14-4-6-16(23)7-5-14/h4-7,10-11,13H,8-9,12H2,1-3H3,(H,24,26). The highest BCUT2D eigenvalue weighted by molar-refractivity contribution is 5.76. The van der Waals surface area contributed by atoms with E-state index in [4.69, 9.17) is 18.6 Å². The molecule has 0 spiro atoms. The number of hydrogen-bond donors (Lipinski definition) is 1. The Bertz CT molecular complexity index is 1000. The summed E-state index contributed by atoms with van der Waals surface area (Å²) in [5.74, 6) is 2.17. The molecular formula is C22H23FN2O5. The molecule has 0 atom stereocenters. The van der Waals surface area contributed by atoms with Crippen LogP contribution in [0.5, 0.6) is 17.2 Å². The van der Waals surface area contributed by atoms with Gasteiger partial charge in [0.1, 0.15) is 11.6 Å². The van der Waals surface area contributed by atoms with E-state index in [0.717, 1.165) is 11.1 Å². The fourth-order valence-electron chi connectivity index (χ4n) is 2.91. The van der Waals surface area contributed by atoms with Crippen molar-refractivity contribution in [3.8, 4) is 28.6 Å². The Morgan fingerprint density at radius 1 is 1.03 bits per heavy atom. The van der Waals surface area contributed by atoms with Crippen molar-refractivity contribution in [2.24, 2.45) is 0 Å². The third-order valence-electron chi connectivity index (χ3n) is 4.51. The normalized spacial score (nSPS) is 10.5. The van der Waals surface area contributed by atoms with Gasteiger partial charge in [-0.2, -0.15) is 0 Å². The van der Waals surface area contributed by atoms with Gasteiger partial charge in [-0.05, 0) is 30.3 Å². The molecule has 0 unspecified atom stereocenters. The quantitative estimate of drug-likeness (QED) is 0.574. The first-order valence-corrected chi connectivity index (χ1v) is 9.30. The fourth-order valence-corrected chi connectivity index (χ4v) is 2.91. The molecule has 0 aliphatic heterocycles. The van der Waals surface area contributed by atoms with Crippen molar-refractivity contribution in [3.63, 3.8) is 0 Å². The number of aromatic nitrogens is 1. The number of methoxy groups -OCH3 is 3. The van der Waals surface area contributed by atoms with Crippen molar-refractivity contribution < 1.29 is 27.8 Å². The molecule has 2 aromatic carbocycles. The van der Waals surface area contributed by atoms with Gasteiger partial charge in [-0.15, -0.1) is 0 Å². The predicted molar refractivity (Wildman–Crippen MR) is 108 cm³/mol. The van der Waals surface area contributed by atoms with E-state index >= 15 is 0 Å². The number of benzene rings is 2. The van der Waals surface area contributed by atoms with Crippen LogP contribution in [0.3, 0.4) is 0 Å². The van der Waals surface area contributed by atoms with Crippen molar-refractivity contribution >= 4 is 5.91 Å². The average molecular weight is 414 g/mol. The molecule has 0 aliphatic carbocycles. The van der Waals surface area contributed by atoms with Gasteiger partial charge in [-0.1, -0.05) is 0 Å². The largest absolute Gasteiger partial charge is 0.496 e. The van der Waals surface area contributed by atoms with Crippen LogP contribution in [0.25, 0.3) is 11.3 Å². The third kappa shape index (κ3) is 5.08. The topological polar surface area (TPSA) is 82.8 Å². The van der Waals surface area contributed by atoms with Crippen LogP contribution in [0.4, 0.5) is 4.39 Å². The van der Waals surface area contributed by atoms with Gasteiger partial charge in [-0.25, -0.2) is 9.37 Å². The fraction of sp³-hybridized carbons (Fsp3) is 0.273. The van der Waals surface area contributed by atoms with E-state index in [0.29, 0.717) is 35.3 Å². The van der Waals surface area contributed by atoms with E-state index < -0.39 is 0 Å². The minimum absolute atomic E-state index is 0.159. The second-order valence-corrected chi connectivity index (χ2v) is 6.42. The lowest BCUT2D eigenvalue weighted by atomic mass is 10.1. The second-order valence-electron chi connectivity index (χ2n) is 6.42. The molecule has 0 aliphatic rings. The van der Waals surface area contributed by atoms with Crippen molar-refractivity contribution in [2.45, 2.75) is 19.4 Å². The monoisotopic (exact) mass is 414 g/mol. The highest BCUT2D eigenvalue weighted by Gasteiger charge is 2.14. The lowest BCUT2D eigenvalue weighted by Gasteiger charge is -2.14. The summed E-state index contributed by atoms with van der Waals surface area (Å²) in [6, 6.07) is 9.41.